The first kappa shape index (κ1) is 27.2. The van der Waals surface area contributed by atoms with E-state index in [9.17, 15) is 4.79 Å². The standard InChI is InChI=1S/C24H40IN5O3Si/c1-16-13-29(23(31)33-24(4,5)6)17(2)12-28(16)21-19-20(25)18(3)30(22(19)27-14-26-21)15-32-10-11-34(7,8)9/h14,16-17H,10-13,15H2,1-9H3/t16-,17+/m0/s1. The van der Waals surface area contributed by atoms with Gasteiger partial charge < -0.3 is 23.8 Å². The third-order valence-electron chi connectivity index (χ3n) is 6.11. The van der Waals surface area contributed by atoms with E-state index >= 15 is 0 Å². The topological polar surface area (TPSA) is 72.7 Å². The fourth-order valence-electron chi connectivity index (χ4n) is 4.13. The maximum Gasteiger partial charge on any atom is 0.410 e. The molecule has 1 amide bonds. The van der Waals surface area contributed by atoms with Crippen LogP contribution in [0, 0.1) is 10.5 Å². The summed E-state index contributed by atoms with van der Waals surface area (Å²) in [6, 6.07) is 1.23. The molecule has 0 N–H and O–H groups in total. The summed E-state index contributed by atoms with van der Waals surface area (Å²) in [5, 5.41) is 1.05. The molecule has 0 aliphatic carbocycles. The summed E-state index contributed by atoms with van der Waals surface area (Å²) in [5.74, 6) is 0.918. The maximum absolute atomic E-state index is 12.8. The van der Waals surface area contributed by atoms with E-state index in [2.05, 4.69) is 77.5 Å². The third kappa shape index (κ3) is 6.23. The van der Waals surface area contributed by atoms with Crippen LogP contribution in [0.4, 0.5) is 10.6 Å². The molecule has 1 fully saturated rings. The van der Waals surface area contributed by atoms with E-state index in [1.54, 1.807) is 6.33 Å². The van der Waals surface area contributed by atoms with Crippen molar-refractivity contribution in [1.29, 1.82) is 0 Å². The van der Waals surface area contributed by atoms with Gasteiger partial charge in [0.1, 0.15) is 30.1 Å². The van der Waals surface area contributed by atoms with Gasteiger partial charge in [0.25, 0.3) is 0 Å². The first-order valence-corrected chi connectivity index (χ1v) is 16.8. The summed E-state index contributed by atoms with van der Waals surface area (Å²) in [6.45, 7) is 21.6. The van der Waals surface area contributed by atoms with Gasteiger partial charge in [-0.15, -0.1) is 0 Å². The Morgan fingerprint density at radius 1 is 1.18 bits per heavy atom. The van der Waals surface area contributed by atoms with Gasteiger partial charge in [-0.2, -0.15) is 0 Å². The molecule has 2 aromatic rings. The lowest BCUT2D eigenvalue weighted by Gasteiger charge is -2.44. The number of halogens is 1. The van der Waals surface area contributed by atoms with Gasteiger partial charge in [-0.1, -0.05) is 19.6 Å². The van der Waals surface area contributed by atoms with Crippen molar-refractivity contribution < 1.29 is 14.3 Å². The Hall–Kier alpha value is -1.40. The molecule has 0 spiro atoms. The highest BCUT2D eigenvalue weighted by molar-refractivity contribution is 14.1. The fraction of sp³-hybridized carbons (Fsp3) is 0.708. The van der Waals surface area contributed by atoms with Crippen molar-refractivity contribution >= 4 is 53.6 Å². The second-order valence-corrected chi connectivity index (χ2v) is 18.3. The number of fused-ring (bicyclic) bond motifs is 1. The van der Waals surface area contributed by atoms with E-state index in [0.29, 0.717) is 19.8 Å². The predicted molar refractivity (Wildman–Crippen MR) is 148 cm³/mol. The molecule has 1 aliphatic rings. The quantitative estimate of drug-likeness (QED) is 0.248. The molecule has 3 heterocycles. The van der Waals surface area contributed by atoms with Crippen molar-refractivity contribution in [3.05, 3.63) is 15.6 Å². The molecule has 2 atom stereocenters. The molecular formula is C24H40IN5O3Si. The molecule has 10 heteroatoms. The minimum atomic E-state index is -1.14. The summed E-state index contributed by atoms with van der Waals surface area (Å²) in [7, 11) is -1.14. The van der Waals surface area contributed by atoms with Crippen LogP contribution in [0.3, 0.4) is 0 Å². The van der Waals surface area contributed by atoms with Gasteiger partial charge in [-0.05, 0) is 70.2 Å². The predicted octanol–water partition coefficient (Wildman–Crippen LogP) is 5.49. The molecule has 0 unspecified atom stereocenters. The minimum Gasteiger partial charge on any atom is -0.444 e. The van der Waals surface area contributed by atoms with Crippen molar-refractivity contribution in [3.63, 3.8) is 0 Å². The van der Waals surface area contributed by atoms with Crippen LogP contribution < -0.4 is 4.90 Å². The highest BCUT2D eigenvalue weighted by Crippen LogP contribution is 2.35. The van der Waals surface area contributed by atoms with E-state index in [1.807, 2.05) is 25.7 Å². The first-order valence-electron chi connectivity index (χ1n) is 12.0. The van der Waals surface area contributed by atoms with E-state index in [0.717, 1.165) is 38.8 Å². The van der Waals surface area contributed by atoms with Gasteiger partial charge in [0.15, 0.2) is 0 Å². The zero-order chi connectivity index (χ0) is 25.4. The van der Waals surface area contributed by atoms with Crippen LogP contribution in [-0.2, 0) is 16.2 Å². The van der Waals surface area contributed by atoms with E-state index in [1.165, 1.54) is 0 Å². The van der Waals surface area contributed by atoms with E-state index in [4.69, 9.17) is 14.5 Å². The summed E-state index contributed by atoms with van der Waals surface area (Å²) >= 11 is 2.40. The van der Waals surface area contributed by atoms with Crippen LogP contribution in [0.5, 0.6) is 0 Å². The van der Waals surface area contributed by atoms with Crippen LogP contribution in [0.1, 0.15) is 40.3 Å². The molecule has 1 saturated heterocycles. The Balaban J connectivity index is 1.84. The van der Waals surface area contributed by atoms with Crippen LogP contribution in [0.25, 0.3) is 11.0 Å². The number of carbonyl (C=O) groups excluding carboxylic acids is 1. The van der Waals surface area contributed by atoms with Crippen molar-refractivity contribution in [2.45, 2.75) is 91.6 Å². The van der Waals surface area contributed by atoms with Crippen LogP contribution in [0.15, 0.2) is 6.33 Å². The summed E-state index contributed by atoms with van der Waals surface area (Å²) in [4.78, 5) is 26.2. The van der Waals surface area contributed by atoms with Gasteiger partial charge in [0, 0.05) is 49.1 Å². The highest BCUT2D eigenvalue weighted by atomic mass is 127. The minimum absolute atomic E-state index is 0.00167. The molecular weight excluding hydrogens is 561 g/mol. The van der Waals surface area contributed by atoms with Crippen LogP contribution in [0.2, 0.25) is 25.7 Å². The Morgan fingerprint density at radius 3 is 2.47 bits per heavy atom. The number of amides is 1. The normalized spacial score (nSPS) is 19.7. The number of hydrogen-bond donors (Lipinski definition) is 0. The van der Waals surface area contributed by atoms with Gasteiger partial charge in [-0.3, -0.25) is 0 Å². The SMILES string of the molecule is Cc1c(I)c2c(N3C[C@@H](C)N(C(=O)OC(C)(C)C)C[C@@H]3C)ncnc2n1COCC[Si](C)(C)C. The molecule has 3 rings (SSSR count). The second-order valence-electron chi connectivity index (χ2n) is 11.6. The summed E-state index contributed by atoms with van der Waals surface area (Å²) in [6.07, 6.45) is 1.38. The molecule has 0 aromatic carbocycles. The highest BCUT2D eigenvalue weighted by Gasteiger charge is 2.36. The van der Waals surface area contributed by atoms with Crippen molar-refractivity contribution in [2.75, 3.05) is 24.6 Å². The fourth-order valence-corrected chi connectivity index (χ4v) is 5.66. The lowest BCUT2D eigenvalue weighted by molar-refractivity contribution is 0.0130. The van der Waals surface area contributed by atoms with Crippen molar-refractivity contribution in [2.24, 2.45) is 0 Å². The number of hydrogen-bond acceptors (Lipinski definition) is 6. The zero-order valence-electron chi connectivity index (χ0n) is 22.1. The maximum atomic E-state index is 12.8. The van der Waals surface area contributed by atoms with Crippen molar-refractivity contribution in [3.8, 4) is 0 Å². The van der Waals surface area contributed by atoms with E-state index < -0.39 is 13.7 Å². The van der Waals surface area contributed by atoms with Crippen LogP contribution in [-0.4, -0.2) is 71.0 Å². The molecule has 0 saturated carbocycles. The zero-order valence-corrected chi connectivity index (χ0v) is 25.3. The number of carbonyl (C=O) groups is 1. The van der Waals surface area contributed by atoms with E-state index in [-0.39, 0.29) is 18.2 Å². The Morgan fingerprint density at radius 2 is 1.85 bits per heavy atom. The Bertz CT molecular complexity index is 1030. The molecule has 2 aromatic heterocycles. The monoisotopic (exact) mass is 601 g/mol. The van der Waals surface area contributed by atoms with Gasteiger partial charge in [-0.25, -0.2) is 14.8 Å². The lowest BCUT2D eigenvalue weighted by Crippen LogP contribution is -2.59. The average Bonchev–Trinajstić information content (AvgIpc) is 2.95. The number of aromatic nitrogens is 3. The number of piperazine rings is 1. The van der Waals surface area contributed by atoms with Gasteiger partial charge in [0.2, 0.25) is 0 Å². The third-order valence-corrected chi connectivity index (χ3v) is 9.13. The second kappa shape index (κ2) is 10.3. The summed E-state index contributed by atoms with van der Waals surface area (Å²) in [5.41, 5.74) is 1.52. The molecule has 190 valence electrons. The van der Waals surface area contributed by atoms with Crippen LogP contribution >= 0.6 is 22.6 Å². The number of rotatable bonds is 6. The lowest BCUT2D eigenvalue weighted by atomic mass is 10.1. The Labute approximate surface area is 218 Å². The van der Waals surface area contributed by atoms with Gasteiger partial charge >= 0.3 is 6.09 Å². The molecule has 0 bridgehead atoms. The molecule has 1 aliphatic heterocycles. The average molecular weight is 602 g/mol. The first-order chi connectivity index (χ1) is 15.7. The van der Waals surface area contributed by atoms with Gasteiger partial charge in [0.05, 0.1) is 5.39 Å². The Kier molecular flexibility index (Phi) is 8.23. The molecule has 0 radical (unpaired) electrons. The molecule has 34 heavy (non-hydrogen) atoms. The number of nitrogens with zero attached hydrogens (tertiary/aromatic N) is 5. The number of anilines is 1. The summed E-state index contributed by atoms with van der Waals surface area (Å²) < 4.78 is 15.0. The smallest absolute Gasteiger partial charge is 0.410 e. The molecule has 8 nitrogen and oxygen atoms in total. The largest absolute Gasteiger partial charge is 0.444 e. The van der Waals surface area contributed by atoms with Crippen molar-refractivity contribution in [1.82, 2.24) is 19.4 Å². The number of ether oxygens (including phenoxy) is 2.